The SMILES string of the molecule is Cc1cc(-c2csc(NC(=O)C3CCCN3)n2)ccc1F.Cl. The highest BCUT2D eigenvalue weighted by Gasteiger charge is 2.22. The minimum absolute atomic E-state index is 0. The van der Waals surface area contributed by atoms with Crippen molar-refractivity contribution in [1.82, 2.24) is 10.3 Å². The van der Waals surface area contributed by atoms with E-state index in [1.54, 1.807) is 19.1 Å². The minimum atomic E-state index is -0.227. The number of carbonyl (C=O) groups is 1. The van der Waals surface area contributed by atoms with Gasteiger partial charge in [-0.2, -0.15) is 0 Å². The quantitative estimate of drug-likeness (QED) is 0.900. The smallest absolute Gasteiger partial charge is 0.243 e. The van der Waals surface area contributed by atoms with Crippen LogP contribution >= 0.6 is 23.7 Å². The Morgan fingerprint density at radius 1 is 1.50 bits per heavy atom. The Labute approximate surface area is 138 Å². The standard InChI is InChI=1S/C15H16FN3OS.ClH/c1-9-7-10(4-5-11(9)16)13-8-21-15(18-13)19-14(20)12-3-2-6-17-12;/h4-5,7-8,12,17H,2-3,6H2,1H3,(H,18,19,20);1H. The van der Waals surface area contributed by atoms with Gasteiger partial charge in [-0.1, -0.05) is 0 Å². The summed E-state index contributed by atoms with van der Waals surface area (Å²) in [7, 11) is 0. The number of aromatic nitrogens is 1. The first-order valence-electron chi connectivity index (χ1n) is 6.90. The van der Waals surface area contributed by atoms with E-state index in [1.807, 2.05) is 5.38 Å². The molecule has 1 amide bonds. The van der Waals surface area contributed by atoms with Crippen LogP contribution in [0.4, 0.5) is 9.52 Å². The van der Waals surface area contributed by atoms with Crippen LogP contribution in [0.5, 0.6) is 0 Å². The van der Waals surface area contributed by atoms with Gasteiger partial charge in [-0.15, -0.1) is 23.7 Å². The van der Waals surface area contributed by atoms with Crippen molar-refractivity contribution in [1.29, 1.82) is 0 Å². The number of anilines is 1. The summed E-state index contributed by atoms with van der Waals surface area (Å²) in [5.41, 5.74) is 2.18. The molecule has 1 unspecified atom stereocenters. The largest absolute Gasteiger partial charge is 0.306 e. The lowest BCUT2D eigenvalue weighted by Crippen LogP contribution is -2.35. The first-order chi connectivity index (χ1) is 10.1. The van der Waals surface area contributed by atoms with Crippen LogP contribution in [0.1, 0.15) is 18.4 Å². The molecule has 4 nitrogen and oxygen atoms in total. The van der Waals surface area contributed by atoms with Crippen molar-refractivity contribution in [2.75, 3.05) is 11.9 Å². The maximum atomic E-state index is 13.3. The lowest BCUT2D eigenvalue weighted by atomic mass is 10.1. The van der Waals surface area contributed by atoms with E-state index in [4.69, 9.17) is 0 Å². The molecule has 118 valence electrons. The number of aryl methyl sites for hydroxylation is 1. The van der Waals surface area contributed by atoms with Gasteiger partial charge < -0.3 is 10.6 Å². The fourth-order valence-corrected chi connectivity index (χ4v) is 3.09. The van der Waals surface area contributed by atoms with Gasteiger partial charge in [0.1, 0.15) is 5.82 Å². The van der Waals surface area contributed by atoms with Crippen LogP contribution in [-0.2, 0) is 4.79 Å². The molecular formula is C15H17ClFN3OS. The van der Waals surface area contributed by atoms with Gasteiger partial charge in [0.25, 0.3) is 0 Å². The third kappa shape index (κ3) is 3.63. The molecule has 1 aromatic heterocycles. The van der Waals surface area contributed by atoms with Crippen molar-refractivity contribution in [3.63, 3.8) is 0 Å². The average Bonchev–Trinajstić information content (AvgIpc) is 3.12. The van der Waals surface area contributed by atoms with E-state index in [1.165, 1.54) is 17.4 Å². The van der Waals surface area contributed by atoms with E-state index in [0.29, 0.717) is 10.7 Å². The van der Waals surface area contributed by atoms with Gasteiger partial charge in [-0.3, -0.25) is 4.79 Å². The van der Waals surface area contributed by atoms with Crippen molar-refractivity contribution in [2.24, 2.45) is 0 Å². The van der Waals surface area contributed by atoms with Gasteiger partial charge in [0.15, 0.2) is 5.13 Å². The summed E-state index contributed by atoms with van der Waals surface area (Å²) >= 11 is 1.38. The fraction of sp³-hybridized carbons (Fsp3) is 0.333. The molecule has 0 spiro atoms. The Morgan fingerprint density at radius 2 is 2.32 bits per heavy atom. The average molecular weight is 342 g/mol. The van der Waals surface area contributed by atoms with Crippen molar-refractivity contribution in [3.05, 3.63) is 35.0 Å². The maximum absolute atomic E-state index is 13.3. The second-order valence-electron chi connectivity index (χ2n) is 5.14. The van der Waals surface area contributed by atoms with E-state index >= 15 is 0 Å². The summed E-state index contributed by atoms with van der Waals surface area (Å²) < 4.78 is 13.3. The van der Waals surface area contributed by atoms with Crippen molar-refractivity contribution < 1.29 is 9.18 Å². The zero-order valence-electron chi connectivity index (χ0n) is 12.1. The van der Waals surface area contributed by atoms with E-state index in [9.17, 15) is 9.18 Å². The third-order valence-corrected chi connectivity index (χ3v) is 4.32. The molecule has 22 heavy (non-hydrogen) atoms. The molecule has 0 aliphatic carbocycles. The topological polar surface area (TPSA) is 54.0 Å². The molecule has 1 saturated heterocycles. The third-order valence-electron chi connectivity index (χ3n) is 3.56. The minimum Gasteiger partial charge on any atom is -0.306 e. The number of halogens is 2. The number of nitrogens with one attached hydrogen (secondary N) is 2. The molecule has 2 aromatic rings. The number of rotatable bonds is 3. The highest BCUT2D eigenvalue weighted by Crippen LogP contribution is 2.26. The molecule has 2 N–H and O–H groups in total. The molecule has 1 fully saturated rings. The number of hydrogen-bond acceptors (Lipinski definition) is 4. The fourth-order valence-electron chi connectivity index (χ4n) is 2.37. The zero-order chi connectivity index (χ0) is 14.8. The van der Waals surface area contributed by atoms with Gasteiger partial charge in [0.05, 0.1) is 11.7 Å². The normalized spacial score (nSPS) is 17.1. The Hall–Kier alpha value is -1.50. The van der Waals surface area contributed by atoms with Gasteiger partial charge in [-0.05, 0) is 50.1 Å². The summed E-state index contributed by atoms with van der Waals surface area (Å²) in [6.45, 7) is 2.61. The summed E-state index contributed by atoms with van der Waals surface area (Å²) in [4.78, 5) is 16.4. The number of hydrogen-bond donors (Lipinski definition) is 2. The molecule has 3 rings (SSSR count). The molecular weight excluding hydrogens is 325 g/mol. The van der Waals surface area contributed by atoms with Gasteiger partial charge in [-0.25, -0.2) is 9.37 Å². The molecule has 0 bridgehead atoms. The molecule has 1 aliphatic heterocycles. The lowest BCUT2D eigenvalue weighted by Gasteiger charge is -2.08. The second kappa shape index (κ2) is 7.17. The van der Waals surface area contributed by atoms with Crippen LogP contribution in [0.2, 0.25) is 0 Å². The predicted octanol–water partition coefficient (Wildman–Crippen LogP) is 3.37. The Bertz CT molecular complexity index is 671. The van der Waals surface area contributed by atoms with E-state index in [0.717, 1.165) is 30.6 Å². The number of thiazole rings is 1. The number of nitrogens with zero attached hydrogens (tertiary/aromatic N) is 1. The summed E-state index contributed by atoms with van der Waals surface area (Å²) in [6.07, 6.45) is 1.89. The van der Waals surface area contributed by atoms with Crippen molar-refractivity contribution in [2.45, 2.75) is 25.8 Å². The molecule has 1 aromatic carbocycles. The first-order valence-corrected chi connectivity index (χ1v) is 7.78. The molecule has 7 heteroatoms. The Kier molecular flexibility index (Phi) is 5.50. The van der Waals surface area contributed by atoms with Crippen LogP contribution in [0, 0.1) is 12.7 Å². The van der Waals surface area contributed by atoms with Crippen LogP contribution in [0.15, 0.2) is 23.6 Å². The maximum Gasteiger partial charge on any atom is 0.243 e. The van der Waals surface area contributed by atoms with Crippen molar-refractivity contribution >= 4 is 34.8 Å². The van der Waals surface area contributed by atoms with Gasteiger partial charge >= 0.3 is 0 Å². The van der Waals surface area contributed by atoms with Crippen LogP contribution < -0.4 is 10.6 Å². The molecule has 0 saturated carbocycles. The van der Waals surface area contributed by atoms with E-state index in [-0.39, 0.29) is 30.2 Å². The highest BCUT2D eigenvalue weighted by atomic mass is 35.5. The van der Waals surface area contributed by atoms with Crippen LogP contribution in [-0.4, -0.2) is 23.5 Å². The summed E-state index contributed by atoms with van der Waals surface area (Å²) in [6, 6.07) is 4.77. The molecule has 0 radical (unpaired) electrons. The molecule has 1 aliphatic rings. The Balaban J connectivity index is 0.00000176. The Morgan fingerprint density at radius 3 is 3.00 bits per heavy atom. The number of benzene rings is 1. The lowest BCUT2D eigenvalue weighted by molar-refractivity contribution is -0.117. The summed E-state index contributed by atoms with van der Waals surface area (Å²) in [5, 5.41) is 8.42. The van der Waals surface area contributed by atoms with Gasteiger partial charge in [0.2, 0.25) is 5.91 Å². The molecule has 2 heterocycles. The van der Waals surface area contributed by atoms with E-state index < -0.39 is 0 Å². The zero-order valence-corrected chi connectivity index (χ0v) is 13.7. The second-order valence-corrected chi connectivity index (χ2v) is 6.00. The van der Waals surface area contributed by atoms with Crippen LogP contribution in [0.25, 0.3) is 11.3 Å². The first kappa shape index (κ1) is 16.9. The number of carbonyl (C=O) groups excluding carboxylic acids is 1. The van der Waals surface area contributed by atoms with Gasteiger partial charge in [0, 0.05) is 10.9 Å². The number of amides is 1. The van der Waals surface area contributed by atoms with E-state index in [2.05, 4.69) is 15.6 Å². The molecule has 1 atom stereocenters. The predicted molar refractivity (Wildman–Crippen MR) is 89.1 cm³/mol. The highest BCUT2D eigenvalue weighted by molar-refractivity contribution is 7.14. The monoisotopic (exact) mass is 341 g/mol. The summed E-state index contributed by atoms with van der Waals surface area (Å²) in [5.74, 6) is -0.265. The van der Waals surface area contributed by atoms with Crippen LogP contribution in [0.3, 0.4) is 0 Å². The van der Waals surface area contributed by atoms with Crippen molar-refractivity contribution in [3.8, 4) is 11.3 Å².